The SMILES string of the molecule is CCC1CCCCN1CC(=O)Nc1ccccc1C(C)=O. The van der Waals surface area contributed by atoms with E-state index in [0.717, 1.165) is 19.4 Å². The number of piperidine rings is 1. The number of Topliss-reactive ketones (excluding diaryl/α,β-unsaturated/α-hetero) is 1. The van der Waals surface area contributed by atoms with Gasteiger partial charge in [0.2, 0.25) is 5.91 Å². The summed E-state index contributed by atoms with van der Waals surface area (Å²) in [5, 5.41) is 2.88. The van der Waals surface area contributed by atoms with Crippen molar-refractivity contribution in [2.45, 2.75) is 45.6 Å². The molecule has 1 aromatic rings. The second-order valence-electron chi connectivity index (χ2n) is 5.68. The van der Waals surface area contributed by atoms with Gasteiger partial charge < -0.3 is 5.32 Å². The van der Waals surface area contributed by atoms with Crippen molar-refractivity contribution in [1.82, 2.24) is 4.90 Å². The van der Waals surface area contributed by atoms with Crippen LogP contribution in [0.2, 0.25) is 0 Å². The smallest absolute Gasteiger partial charge is 0.238 e. The molecule has 0 aliphatic carbocycles. The lowest BCUT2D eigenvalue weighted by Gasteiger charge is -2.34. The molecule has 1 amide bonds. The molecule has 1 unspecified atom stereocenters. The fraction of sp³-hybridized carbons (Fsp3) is 0.529. The van der Waals surface area contributed by atoms with Crippen molar-refractivity contribution < 1.29 is 9.59 Å². The normalized spacial score (nSPS) is 19.2. The van der Waals surface area contributed by atoms with E-state index < -0.39 is 0 Å². The molecule has 1 saturated heterocycles. The van der Waals surface area contributed by atoms with Crippen LogP contribution in [0.25, 0.3) is 0 Å². The van der Waals surface area contributed by atoms with E-state index >= 15 is 0 Å². The Bertz CT molecular complexity index is 513. The number of ketones is 1. The third-order valence-electron chi connectivity index (χ3n) is 4.15. The third-order valence-corrected chi connectivity index (χ3v) is 4.15. The van der Waals surface area contributed by atoms with Crippen LogP contribution >= 0.6 is 0 Å². The molecule has 0 spiro atoms. The van der Waals surface area contributed by atoms with Crippen LogP contribution in [0.15, 0.2) is 24.3 Å². The van der Waals surface area contributed by atoms with Gasteiger partial charge in [-0.3, -0.25) is 14.5 Å². The van der Waals surface area contributed by atoms with Crippen LogP contribution in [0.4, 0.5) is 5.69 Å². The first kappa shape index (κ1) is 15.7. The van der Waals surface area contributed by atoms with E-state index in [4.69, 9.17) is 0 Å². The molecule has 2 rings (SSSR count). The van der Waals surface area contributed by atoms with Crippen molar-refractivity contribution in [2.24, 2.45) is 0 Å². The van der Waals surface area contributed by atoms with Crippen LogP contribution in [0.3, 0.4) is 0 Å². The number of hydrogen-bond donors (Lipinski definition) is 1. The van der Waals surface area contributed by atoms with E-state index in [1.807, 2.05) is 12.1 Å². The zero-order valence-electron chi connectivity index (χ0n) is 12.9. The zero-order chi connectivity index (χ0) is 15.2. The van der Waals surface area contributed by atoms with Crippen molar-refractivity contribution in [3.8, 4) is 0 Å². The van der Waals surface area contributed by atoms with Gasteiger partial charge in [-0.05, 0) is 44.9 Å². The van der Waals surface area contributed by atoms with E-state index in [1.54, 1.807) is 12.1 Å². The summed E-state index contributed by atoms with van der Waals surface area (Å²) >= 11 is 0. The predicted octanol–water partition coefficient (Wildman–Crippen LogP) is 3.09. The van der Waals surface area contributed by atoms with E-state index in [2.05, 4.69) is 17.1 Å². The Morgan fingerprint density at radius 3 is 2.76 bits per heavy atom. The minimum Gasteiger partial charge on any atom is -0.324 e. The molecule has 1 heterocycles. The van der Waals surface area contributed by atoms with Crippen LogP contribution < -0.4 is 5.32 Å². The van der Waals surface area contributed by atoms with Gasteiger partial charge in [-0.2, -0.15) is 0 Å². The van der Waals surface area contributed by atoms with Crippen molar-refractivity contribution in [1.29, 1.82) is 0 Å². The van der Waals surface area contributed by atoms with Gasteiger partial charge in [0.1, 0.15) is 0 Å². The summed E-state index contributed by atoms with van der Waals surface area (Å²) in [6.45, 7) is 5.08. The van der Waals surface area contributed by atoms with Gasteiger partial charge in [-0.1, -0.05) is 25.5 Å². The molecule has 4 nitrogen and oxygen atoms in total. The van der Waals surface area contributed by atoms with Crippen LogP contribution in [-0.4, -0.2) is 35.7 Å². The molecule has 1 aliphatic heterocycles. The molecular weight excluding hydrogens is 264 g/mol. The molecule has 1 aromatic carbocycles. The highest BCUT2D eigenvalue weighted by Crippen LogP contribution is 2.20. The van der Waals surface area contributed by atoms with Crippen molar-refractivity contribution in [3.05, 3.63) is 29.8 Å². The summed E-state index contributed by atoms with van der Waals surface area (Å²) in [7, 11) is 0. The van der Waals surface area contributed by atoms with E-state index in [9.17, 15) is 9.59 Å². The number of hydrogen-bond acceptors (Lipinski definition) is 3. The Kier molecular flexibility index (Phi) is 5.51. The van der Waals surface area contributed by atoms with Gasteiger partial charge in [0.25, 0.3) is 0 Å². The summed E-state index contributed by atoms with van der Waals surface area (Å²) in [5.41, 5.74) is 1.18. The molecule has 1 aliphatic rings. The van der Waals surface area contributed by atoms with E-state index in [0.29, 0.717) is 23.8 Å². The number of likely N-dealkylation sites (tertiary alicyclic amines) is 1. The Morgan fingerprint density at radius 2 is 2.05 bits per heavy atom. The van der Waals surface area contributed by atoms with E-state index in [1.165, 1.54) is 19.8 Å². The largest absolute Gasteiger partial charge is 0.324 e. The van der Waals surface area contributed by atoms with Gasteiger partial charge in [0.05, 0.1) is 12.2 Å². The molecule has 4 heteroatoms. The van der Waals surface area contributed by atoms with Crippen molar-refractivity contribution in [2.75, 3.05) is 18.4 Å². The first-order chi connectivity index (χ1) is 10.1. The van der Waals surface area contributed by atoms with E-state index in [-0.39, 0.29) is 11.7 Å². The van der Waals surface area contributed by atoms with Gasteiger partial charge in [-0.15, -0.1) is 0 Å². The topological polar surface area (TPSA) is 49.4 Å². The summed E-state index contributed by atoms with van der Waals surface area (Å²) in [6.07, 6.45) is 4.67. The van der Waals surface area contributed by atoms with Gasteiger partial charge in [0.15, 0.2) is 5.78 Å². The zero-order valence-corrected chi connectivity index (χ0v) is 12.9. The highest BCUT2D eigenvalue weighted by Gasteiger charge is 2.23. The lowest BCUT2D eigenvalue weighted by atomic mass is 10.00. The van der Waals surface area contributed by atoms with Gasteiger partial charge >= 0.3 is 0 Å². The number of para-hydroxylation sites is 1. The first-order valence-electron chi connectivity index (χ1n) is 7.75. The molecule has 114 valence electrons. The van der Waals surface area contributed by atoms with Crippen LogP contribution in [0.1, 0.15) is 49.9 Å². The maximum absolute atomic E-state index is 12.3. The summed E-state index contributed by atoms with van der Waals surface area (Å²) in [5.74, 6) is -0.0700. The standard InChI is InChI=1S/C17H24N2O2/c1-3-14-8-6-7-11-19(14)12-17(21)18-16-10-5-4-9-15(16)13(2)20/h4-5,9-10,14H,3,6-8,11-12H2,1-2H3,(H,18,21). The molecule has 1 atom stereocenters. The van der Waals surface area contributed by atoms with Crippen molar-refractivity contribution >= 4 is 17.4 Å². The number of anilines is 1. The molecule has 0 saturated carbocycles. The molecule has 0 radical (unpaired) electrons. The maximum atomic E-state index is 12.3. The predicted molar refractivity (Wildman–Crippen MR) is 84.6 cm³/mol. The Morgan fingerprint density at radius 1 is 1.29 bits per heavy atom. The second kappa shape index (κ2) is 7.36. The Labute approximate surface area is 126 Å². The molecule has 1 fully saturated rings. The summed E-state index contributed by atoms with van der Waals surface area (Å²) in [6, 6.07) is 7.67. The van der Waals surface area contributed by atoms with Crippen molar-refractivity contribution in [3.63, 3.8) is 0 Å². The maximum Gasteiger partial charge on any atom is 0.238 e. The Balaban J connectivity index is 2.00. The Hall–Kier alpha value is -1.68. The van der Waals surface area contributed by atoms with Crippen LogP contribution in [0.5, 0.6) is 0 Å². The first-order valence-corrected chi connectivity index (χ1v) is 7.75. The lowest BCUT2D eigenvalue weighted by Crippen LogP contribution is -2.43. The number of rotatable bonds is 5. The quantitative estimate of drug-likeness (QED) is 0.847. The molecule has 0 aromatic heterocycles. The monoisotopic (exact) mass is 288 g/mol. The second-order valence-corrected chi connectivity index (χ2v) is 5.68. The molecule has 0 bridgehead atoms. The average molecular weight is 288 g/mol. The van der Waals surface area contributed by atoms with Gasteiger partial charge in [0, 0.05) is 11.6 Å². The highest BCUT2D eigenvalue weighted by molar-refractivity contribution is 6.04. The fourth-order valence-corrected chi connectivity index (χ4v) is 3.00. The number of nitrogens with one attached hydrogen (secondary N) is 1. The average Bonchev–Trinajstić information content (AvgIpc) is 2.48. The fourth-order valence-electron chi connectivity index (χ4n) is 3.00. The summed E-state index contributed by atoms with van der Waals surface area (Å²) < 4.78 is 0. The molecular formula is C17H24N2O2. The van der Waals surface area contributed by atoms with Crippen LogP contribution in [-0.2, 0) is 4.79 Å². The molecule has 1 N–H and O–H groups in total. The minimum atomic E-state index is -0.0379. The van der Waals surface area contributed by atoms with Gasteiger partial charge in [-0.25, -0.2) is 0 Å². The third kappa shape index (κ3) is 4.14. The highest BCUT2D eigenvalue weighted by atomic mass is 16.2. The van der Waals surface area contributed by atoms with Crippen LogP contribution in [0, 0.1) is 0 Å². The lowest BCUT2D eigenvalue weighted by molar-refractivity contribution is -0.118. The number of benzene rings is 1. The number of carbonyl (C=O) groups excluding carboxylic acids is 2. The number of carbonyl (C=O) groups is 2. The number of amides is 1. The molecule has 21 heavy (non-hydrogen) atoms. The summed E-state index contributed by atoms with van der Waals surface area (Å²) in [4.78, 5) is 26.1. The number of nitrogens with zero attached hydrogens (tertiary/aromatic N) is 1. The minimum absolute atomic E-state index is 0.0321.